The lowest BCUT2D eigenvalue weighted by atomic mass is 9.99. The van der Waals surface area contributed by atoms with E-state index in [1.807, 2.05) is 18.2 Å². The highest BCUT2D eigenvalue weighted by Gasteiger charge is 2.40. The maximum absolute atomic E-state index is 14.5. The van der Waals surface area contributed by atoms with Gasteiger partial charge in [0.15, 0.2) is 17.5 Å². The molecule has 19 heteroatoms. The van der Waals surface area contributed by atoms with Crippen molar-refractivity contribution in [2.45, 2.75) is 101 Å². The molecule has 2 aromatic heterocycles. The van der Waals surface area contributed by atoms with Crippen molar-refractivity contribution in [3.8, 4) is 11.5 Å². The van der Waals surface area contributed by atoms with Crippen LogP contribution in [0.1, 0.15) is 84.2 Å². The monoisotopic (exact) mass is 958 g/mol. The van der Waals surface area contributed by atoms with Gasteiger partial charge < -0.3 is 45.7 Å². The molecular weight excluding hydrogens is 903 g/mol. The minimum absolute atomic E-state index is 0.0301. The lowest BCUT2D eigenvalue weighted by Crippen LogP contribution is -2.43. The summed E-state index contributed by atoms with van der Waals surface area (Å²) in [6.45, 7) is 5.84. The Morgan fingerprint density at radius 2 is 1.25 bits per heavy atom. The van der Waals surface area contributed by atoms with E-state index in [0.717, 1.165) is 75.7 Å². The van der Waals surface area contributed by atoms with E-state index in [0.29, 0.717) is 46.3 Å². The van der Waals surface area contributed by atoms with Crippen LogP contribution in [0.3, 0.4) is 0 Å². The van der Waals surface area contributed by atoms with Crippen molar-refractivity contribution in [1.82, 2.24) is 30.2 Å². The molecule has 69 heavy (non-hydrogen) atoms. The third kappa shape index (κ3) is 10.5. The lowest BCUT2D eigenvalue weighted by Gasteiger charge is -2.36. The summed E-state index contributed by atoms with van der Waals surface area (Å²) in [5, 5.41) is 29.8. The van der Waals surface area contributed by atoms with E-state index in [9.17, 15) is 26.3 Å². The normalized spacial score (nSPS) is 20.2. The number of hydrogen-bond acceptors (Lipinski definition) is 13. The smallest absolute Gasteiger partial charge is 0.416 e. The number of fused-ring (bicyclic) bond motifs is 4. The number of halogens is 6. The predicted octanol–water partition coefficient (Wildman–Crippen LogP) is 10.0. The van der Waals surface area contributed by atoms with Crippen LogP contribution in [0.15, 0.2) is 79.0 Å². The summed E-state index contributed by atoms with van der Waals surface area (Å²) in [6.07, 6.45) is -4.35. The Hall–Kier alpha value is -6.02. The van der Waals surface area contributed by atoms with Crippen LogP contribution in [0, 0.1) is 13.8 Å². The molecule has 3 saturated heterocycles. The Morgan fingerprint density at radius 3 is 1.88 bits per heavy atom. The summed E-state index contributed by atoms with van der Waals surface area (Å²) >= 11 is 0. The number of rotatable bonds is 15. The van der Waals surface area contributed by atoms with Crippen LogP contribution in [0.4, 0.5) is 43.8 Å². The Labute approximate surface area is 396 Å². The number of benzene rings is 4. The van der Waals surface area contributed by atoms with Gasteiger partial charge in [-0.15, -0.1) is 15.3 Å². The van der Waals surface area contributed by atoms with E-state index in [1.54, 1.807) is 37.6 Å². The van der Waals surface area contributed by atoms with Crippen LogP contribution >= 0.6 is 0 Å². The van der Waals surface area contributed by atoms with Crippen molar-refractivity contribution in [2.24, 2.45) is 5.73 Å². The second-order valence-electron chi connectivity index (χ2n) is 18.3. The van der Waals surface area contributed by atoms with Crippen molar-refractivity contribution >= 4 is 39.0 Å². The van der Waals surface area contributed by atoms with Gasteiger partial charge in [-0.25, -0.2) is 0 Å². The first-order valence-electron chi connectivity index (χ1n) is 23.2. The number of anilines is 3. The van der Waals surface area contributed by atoms with Gasteiger partial charge in [-0.1, -0.05) is 24.3 Å². The van der Waals surface area contributed by atoms with Gasteiger partial charge in [-0.2, -0.15) is 31.4 Å². The Kier molecular flexibility index (Phi) is 13.8. The highest BCUT2D eigenvalue weighted by Crippen LogP contribution is 2.41. The molecule has 13 nitrogen and oxygen atoms in total. The van der Waals surface area contributed by atoms with Crippen LogP contribution in [-0.2, 0) is 17.1 Å². The fourth-order valence-electron chi connectivity index (χ4n) is 10.2. The van der Waals surface area contributed by atoms with Gasteiger partial charge in [0.05, 0.1) is 23.9 Å². The summed E-state index contributed by atoms with van der Waals surface area (Å²) in [4.78, 5) is 4.75. The molecule has 0 saturated carbocycles. The molecule has 0 amide bonds. The molecule has 9 rings (SSSR count). The van der Waals surface area contributed by atoms with Crippen molar-refractivity contribution in [3.63, 3.8) is 0 Å². The van der Waals surface area contributed by atoms with E-state index in [4.69, 9.17) is 19.9 Å². The van der Waals surface area contributed by atoms with Crippen LogP contribution in [0.25, 0.3) is 21.5 Å². The molecule has 366 valence electrons. The van der Waals surface area contributed by atoms with E-state index >= 15 is 0 Å². The minimum atomic E-state index is -4.66. The first-order valence-corrected chi connectivity index (χ1v) is 23.2. The predicted molar refractivity (Wildman–Crippen MR) is 252 cm³/mol. The molecule has 5 heterocycles. The number of nitrogens with one attached hydrogen (secondary N) is 3. The van der Waals surface area contributed by atoms with Gasteiger partial charge in [0, 0.05) is 60.4 Å². The van der Waals surface area contributed by atoms with E-state index in [2.05, 4.69) is 53.2 Å². The Morgan fingerprint density at radius 1 is 0.681 bits per heavy atom. The standard InChI is InChI=1S/C50H56F6N10O3/c1-28-37(7-5-9-42(28)49(51,52)53)44(57)59-48-41-26-35(68-33-17-19-66(20-18-33)21-22-67-4)15-16-39(41)46(63-64-48)60-45(38-8-6-10-43(29(38)2)50(54,55)56)61-47-40-25-34(14-11-30(40)27-58-62-47)69-36-23-31-12-13-32(24-36)65(31)3/h5-11,14-16,25-27,31-33,36,44-45H,12-13,17-24,57H2,1-4H3,(H,59,64)(H,60,63)(H,61,62)/t31?,32?,36?,44-,45-/m0/s1. The first-order chi connectivity index (χ1) is 33.0. The summed E-state index contributed by atoms with van der Waals surface area (Å²) in [5.41, 5.74) is 5.33. The number of methoxy groups -OCH3 is 1. The van der Waals surface area contributed by atoms with Crippen LogP contribution in [-0.4, -0.2) is 94.9 Å². The maximum Gasteiger partial charge on any atom is 0.416 e. The highest BCUT2D eigenvalue weighted by molar-refractivity contribution is 5.99. The molecule has 0 spiro atoms. The summed E-state index contributed by atoms with van der Waals surface area (Å²) in [5.74, 6) is 1.73. The molecule has 2 unspecified atom stereocenters. The highest BCUT2D eigenvalue weighted by atomic mass is 19.4. The van der Waals surface area contributed by atoms with Crippen molar-refractivity contribution in [2.75, 3.05) is 56.3 Å². The third-order valence-corrected chi connectivity index (χ3v) is 14.1. The average Bonchev–Trinajstić information content (AvgIpc) is 3.50. The second kappa shape index (κ2) is 19.8. The molecule has 4 aromatic carbocycles. The minimum Gasteiger partial charge on any atom is -0.490 e. The fraction of sp³-hybridized carbons (Fsp3) is 0.440. The molecule has 0 aliphatic carbocycles. The zero-order valence-corrected chi connectivity index (χ0v) is 38.8. The van der Waals surface area contributed by atoms with Crippen LogP contribution in [0.2, 0.25) is 0 Å². The number of nitrogens with two attached hydrogens (primary N) is 1. The number of likely N-dealkylation sites (tertiary alicyclic amines) is 1. The van der Waals surface area contributed by atoms with Crippen molar-refractivity contribution in [1.29, 1.82) is 0 Å². The number of hydrogen-bond donors (Lipinski definition) is 4. The largest absolute Gasteiger partial charge is 0.490 e. The number of alkyl halides is 6. The van der Waals surface area contributed by atoms with Crippen LogP contribution < -0.4 is 31.2 Å². The Bertz CT molecular complexity index is 2770. The molecule has 3 aliphatic rings. The summed E-state index contributed by atoms with van der Waals surface area (Å²) in [6, 6.07) is 19.6. The van der Waals surface area contributed by atoms with Gasteiger partial charge in [-0.05, 0) is 130 Å². The van der Waals surface area contributed by atoms with Gasteiger partial charge in [-0.3, -0.25) is 0 Å². The van der Waals surface area contributed by atoms with Crippen molar-refractivity contribution in [3.05, 3.63) is 112 Å². The molecule has 6 aromatic rings. The molecular formula is C50H56F6N10O3. The average molecular weight is 959 g/mol. The van der Waals surface area contributed by atoms with Gasteiger partial charge >= 0.3 is 12.4 Å². The molecule has 4 atom stereocenters. The number of nitrogens with zero attached hydrogens (tertiary/aromatic N) is 6. The number of ether oxygens (including phenoxy) is 3. The van der Waals surface area contributed by atoms with Gasteiger partial charge in [0.1, 0.15) is 36.0 Å². The molecule has 5 N–H and O–H groups in total. The zero-order chi connectivity index (χ0) is 48.6. The number of piperidine rings is 2. The number of aromatic nitrogens is 4. The van der Waals surface area contributed by atoms with Gasteiger partial charge in [0.2, 0.25) is 0 Å². The molecule has 3 fully saturated rings. The van der Waals surface area contributed by atoms with Crippen molar-refractivity contribution < 1.29 is 40.6 Å². The summed E-state index contributed by atoms with van der Waals surface area (Å²) < 4.78 is 104. The fourth-order valence-corrected chi connectivity index (χ4v) is 10.2. The first kappa shape index (κ1) is 48.0. The quantitative estimate of drug-likeness (QED) is 0.0572. The second-order valence-corrected chi connectivity index (χ2v) is 18.3. The SMILES string of the molecule is COCCN1CCC(Oc2ccc3c(N[C@@H](Nc4nncc5ccc(OC6CC7CCC(C6)N7C)cc45)c4cccc(C(F)(F)F)c4C)nnc(N[C@H](N)c4cccc(C(F)(F)F)c4C)c3c2)CC1. The summed E-state index contributed by atoms with van der Waals surface area (Å²) in [7, 11) is 3.84. The van der Waals surface area contributed by atoms with E-state index in [-0.39, 0.29) is 51.9 Å². The van der Waals surface area contributed by atoms with E-state index in [1.165, 1.54) is 32.0 Å². The molecule has 2 bridgehead atoms. The zero-order valence-electron chi connectivity index (χ0n) is 38.8. The van der Waals surface area contributed by atoms with E-state index < -0.39 is 35.8 Å². The van der Waals surface area contributed by atoms with Crippen LogP contribution in [0.5, 0.6) is 11.5 Å². The third-order valence-electron chi connectivity index (χ3n) is 14.1. The molecule has 0 radical (unpaired) electrons. The lowest BCUT2D eigenvalue weighted by molar-refractivity contribution is -0.138. The van der Waals surface area contributed by atoms with Gasteiger partial charge in [0.25, 0.3) is 0 Å². The molecule has 3 aliphatic heterocycles. The Balaban J connectivity index is 1.08. The maximum atomic E-state index is 14.5. The topological polar surface area (TPSA) is 148 Å².